The van der Waals surface area contributed by atoms with Gasteiger partial charge in [-0.05, 0) is 12.1 Å². The Balaban J connectivity index is 2.04. The third kappa shape index (κ3) is 3.72. The van der Waals surface area contributed by atoms with Crippen molar-refractivity contribution in [3.63, 3.8) is 0 Å². The molecule has 1 aromatic heterocycles. The van der Waals surface area contributed by atoms with Crippen molar-refractivity contribution in [3.05, 3.63) is 30.6 Å². The van der Waals surface area contributed by atoms with Crippen molar-refractivity contribution in [2.75, 3.05) is 32.6 Å². The average Bonchev–Trinajstić information content (AvgIpc) is 2.95. The molecule has 0 saturated carbocycles. The highest BCUT2D eigenvalue weighted by Gasteiger charge is 2.11. The molecule has 0 fully saturated rings. The first kappa shape index (κ1) is 14.8. The standard InChI is InChI=1S/C13H18N4O2S/c1-19-12-5-3-2-4-11(12)17-10-15-16-13(17)20-9-7-14-6-8-18/h2-5,10,14,18H,6-9H2,1H3/p+1. The molecule has 7 heteroatoms. The number of para-hydroxylation sites is 2. The van der Waals surface area contributed by atoms with Crippen LogP contribution in [0.1, 0.15) is 0 Å². The number of nitrogens with zero attached hydrogens (tertiary/aromatic N) is 3. The summed E-state index contributed by atoms with van der Waals surface area (Å²) in [6.07, 6.45) is 1.69. The highest BCUT2D eigenvalue weighted by Crippen LogP contribution is 2.26. The maximum Gasteiger partial charge on any atom is 0.195 e. The van der Waals surface area contributed by atoms with Gasteiger partial charge in [0.25, 0.3) is 0 Å². The van der Waals surface area contributed by atoms with Gasteiger partial charge in [-0.2, -0.15) is 0 Å². The van der Waals surface area contributed by atoms with Crippen molar-refractivity contribution in [1.29, 1.82) is 0 Å². The minimum Gasteiger partial charge on any atom is -0.495 e. The van der Waals surface area contributed by atoms with Gasteiger partial charge in [-0.15, -0.1) is 10.2 Å². The Kier molecular flexibility index (Phi) is 5.85. The first-order chi connectivity index (χ1) is 9.86. The third-order valence-corrected chi connectivity index (χ3v) is 3.72. The first-order valence-corrected chi connectivity index (χ1v) is 7.44. The number of rotatable bonds is 8. The van der Waals surface area contributed by atoms with Crippen LogP contribution >= 0.6 is 11.8 Å². The predicted molar refractivity (Wildman–Crippen MR) is 77.4 cm³/mol. The van der Waals surface area contributed by atoms with Crippen LogP contribution < -0.4 is 10.1 Å². The Bertz CT molecular complexity index is 533. The molecule has 0 radical (unpaired) electrons. The molecule has 0 saturated heterocycles. The highest BCUT2D eigenvalue weighted by atomic mass is 32.2. The molecule has 0 bridgehead atoms. The van der Waals surface area contributed by atoms with E-state index in [2.05, 4.69) is 15.5 Å². The largest absolute Gasteiger partial charge is 0.495 e. The molecule has 0 unspecified atom stereocenters. The predicted octanol–water partition coefficient (Wildman–Crippen LogP) is -0.0763. The van der Waals surface area contributed by atoms with Gasteiger partial charge in [0.15, 0.2) is 5.16 Å². The molecule has 2 aromatic rings. The fourth-order valence-corrected chi connectivity index (χ4v) is 2.64. The van der Waals surface area contributed by atoms with E-state index in [-0.39, 0.29) is 6.61 Å². The number of ether oxygens (including phenoxy) is 1. The Labute approximate surface area is 122 Å². The lowest BCUT2D eigenvalue weighted by molar-refractivity contribution is -0.651. The van der Waals surface area contributed by atoms with Crippen molar-refractivity contribution in [3.8, 4) is 11.4 Å². The Morgan fingerprint density at radius 1 is 1.35 bits per heavy atom. The second-order valence-electron chi connectivity index (χ2n) is 4.09. The topological polar surface area (TPSA) is 76.8 Å². The molecule has 0 spiro atoms. The average molecular weight is 295 g/mol. The zero-order chi connectivity index (χ0) is 14.2. The minimum atomic E-state index is 0.210. The van der Waals surface area contributed by atoms with Crippen LogP contribution in [-0.4, -0.2) is 52.4 Å². The third-order valence-electron chi connectivity index (χ3n) is 2.75. The van der Waals surface area contributed by atoms with Crippen molar-refractivity contribution in [1.82, 2.24) is 14.8 Å². The maximum absolute atomic E-state index is 8.72. The molecule has 2 rings (SSSR count). The number of hydrogen-bond donors (Lipinski definition) is 2. The van der Waals surface area contributed by atoms with Gasteiger partial charge in [-0.3, -0.25) is 4.57 Å². The molecule has 0 aliphatic rings. The maximum atomic E-state index is 8.72. The van der Waals surface area contributed by atoms with Gasteiger partial charge in [-0.25, -0.2) is 0 Å². The molecular formula is C13H19N4O2S+. The zero-order valence-corrected chi connectivity index (χ0v) is 12.2. The summed E-state index contributed by atoms with van der Waals surface area (Å²) >= 11 is 1.64. The van der Waals surface area contributed by atoms with E-state index in [1.165, 1.54) is 0 Å². The Hall–Kier alpha value is -1.57. The second-order valence-corrected chi connectivity index (χ2v) is 5.16. The van der Waals surface area contributed by atoms with Gasteiger partial charge in [0.05, 0.1) is 38.2 Å². The first-order valence-electron chi connectivity index (χ1n) is 6.45. The van der Waals surface area contributed by atoms with Gasteiger partial charge in [0, 0.05) is 0 Å². The fraction of sp³-hybridized carbons (Fsp3) is 0.385. The van der Waals surface area contributed by atoms with Crippen molar-refractivity contribution >= 4 is 11.8 Å². The number of quaternary nitrogens is 1. The van der Waals surface area contributed by atoms with E-state index in [0.29, 0.717) is 0 Å². The van der Waals surface area contributed by atoms with Crippen LogP contribution in [0.3, 0.4) is 0 Å². The van der Waals surface area contributed by atoms with E-state index in [0.717, 1.165) is 35.4 Å². The second kappa shape index (κ2) is 7.88. The molecule has 108 valence electrons. The minimum absolute atomic E-state index is 0.210. The number of aliphatic hydroxyl groups excluding tert-OH is 1. The van der Waals surface area contributed by atoms with Gasteiger partial charge >= 0.3 is 0 Å². The summed E-state index contributed by atoms with van der Waals surface area (Å²) in [5.74, 6) is 1.70. The van der Waals surface area contributed by atoms with Crippen LogP contribution in [0.5, 0.6) is 5.75 Å². The van der Waals surface area contributed by atoms with E-state index < -0.39 is 0 Å². The molecule has 0 aliphatic carbocycles. The lowest BCUT2D eigenvalue weighted by Crippen LogP contribution is -2.85. The molecular weight excluding hydrogens is 276 g/mol. The Morgan fingerprint density at radius 3 is 3.00 bits per heavy atom. The SMILES string of the molecule is COc1ccccc1-n1cnnc1SCC[NH2+]CCO. The zero-order valence-electron chi connectivity index (χ0n) is 11.4. The quantitative estimate of drug-likeness (QED) is 0.526. The summed E-state index contributed by atoms with van der Waals surface area (Å²) in [7, 11) is 1.65. The van der Waals surface area contributed by atoms with E-state index in [1.807, 2.05) is 28.8 Å². The summed E-state index contributed by atoms with van der Waals surface area (Å²) < 4.78 is 7.29. The van der Waals surface area contributed by atoms with Crippen molar-refractivity contribution in [2.45, 2.75) is 5.16 Å². The Morgan fingerprint density at radius 2 is 2.20 bits per heavy atom. The highest BCUT2D eigenvalue weighted by molar-refractivity contribution is 7.99. The van der Waals surface area contributed by atoms with Crippen LogP contribution in [-0.2, 0) is 0 Å². The normalized spacial score (nSPS) is 10.7. The number of benzene rings is 1. The smallest absolute Gasteiger partial charge is 0.195 e. The summed E-state index contributed by atoms with van der Waals surface area (Å²) in [4.78, 5) is 0. The number of nitrogens with two attached hydrogens (primary N) is 1. The number of aliphatic hydroxyl groups is 1. The van der Waals surface area contributed by atoms with Gasteiger partial charge < -0.3 is 15.2 Å². The van der Waals surface area contributed by atoms with Gasteiger partial charge in [0.2, 0.25) is 0 Å². The molecule has 6 nitrogen and oxygen atoms in total. The van der Waals surface area contributed by atoms with Crippen LogP contribution in [0.4, 0.5) is 0 Å². The van der Waals surface area contributed by atoms with Crippen molar-refractivity contribution < 1.29 is 15.2 Å². The van der Waals surface area contributed by atoms with Crippen LogP contribution in [0.25, 0.3) is 5.69 Å². The van der Waals surface area contributed by atoms with Gasteiger partial charge in [0.1, 0.15) is 12.1 Å². The van der Waals surface area contributed by atoms with E-state index in [9.17, 15) is 0 Å². The molecule has 0 amide bonds. The summed E-state index contributed by atoms with van der Waals surface area (Å²) in [5.41, 5.74) is 0.932. The number of methoxy groups -OCH3 is 1. The number of aromatic nitrogens is 3. The molecule has 0 aliphatic heterocycles. The van der Waals surface area contributed by atoms with Crippen LogP contribution in [0, 0.1) is 0 Å². The lowest BCUT2D eigenvalue weighted by atomic mass is 10.3. The lowest BCUT2D eigenvalue weighted by Gasteiger charge is -2.10. The molecule has 3 N–H and O–H groups in total. The number of thioether (sulfide) groups is 1. The van der Waals surface area contributed by atoms with Crippen LogP contribution in [0.2, 0.25) is 0 Å². The van der Waals surface area contributed by atoms with Crippen molar-refractivity contribution in [2.24, 2.45) is 0 Å². The van der Waals surface area contributed by atoms with E-state index in [1.54, 1.807) is 25.2 Å². The summed E-state index contributed by atoms with van der Waals surface area (Å²) in [5, 5.41) is 19.8. The molecule has 20 heavy (non-hydrogen) atoms. The number of hydrogen-bond acceptors (Lipinski definition) is 5. The van der Waals surface area contributed by atoms with Gasteiger partial charge in [-0.1, -0.05) is 23.9 Å². The molecule has 1 heterocycles. The molecule has 1 aromatic carbocycles. The summed E-state index contributed by atoms with van der Waals surface area (Å²) in [6, 6.07) is 7.79. The van der Waals surface area contributed by atoms with E-state index in [4.69, 9.17) is 9.84 Å². The monoisotopic (exact) mass is 295 g/mol. The van der Waals surface area contributed by atoms with E-state index >= 15 is 0 Å². The fourth-order valence-electron chi connectivity index (χ4n) is 1.79. The van der Waals surface area contributed by atoms with Crippen LogP contribution in [0.15, 0.2) is 35.7 Å². The molecule has 0 atom stereocenters. The summed E-state index contributed by atoms with van der Waals surface area (Å²) in [6.45, 7) is 1.88.